The fraction of sp³-hybridized carbons (Fsp3) is 0.368. The third-order valence-corrected chi connectivity index (χ3v) is 3.30. The van der Waals surface area contributed by atoms with Gasteiger partial charge >= 0.3 is 0 Å². The second-order valence-electron chi connectivity index (χ2n) is 5.60. The van der Waals surface area contributed by atoms with E-state index in [0.29, 0.717) is 11.8 Å². The van der Waals surface area contributed by atoms with Crippen LogP contribution in [0, 0.1) is 5.82 Å². The third-order valence-electron chi connectivity index (χ3n) is 3.30. The first kappa shape index (κ1) is 17.2. The van der Waals surface area contributed by atoms with Gasteiger partial charge in [-0.05, 0) is 41.2 Å². The van der Waals surface area contributed by atoms with Crippen molar-refractivity contribution in [1.29, 1.82) is 0 Å². The number of benzene rings is 2. The SMILES string of the molecule is CC(C)c1ccc(F)cc1.COc1ccccc1C(C)C. The molecule has 0 aromatic heterocycles. The summed E-state index contributed by atoms with van der Waals surface area (Å²) in [4.78, 5) is 0. The Morgan fingerprint density at radius 3 is 1.81 bits per heavy atom. The summed E-state index contributed by atoms with van der Waals surface area (Å²) in [6.45, 7) is 8.51. The molecule has 21 heavy (non-hydrogen) atoms. The standard InChI is InChI=1S/C10H14O.C9H11F/c1-8(2)9-6-4-5-7-10(9)11-3;1-7(2)8-3-5-9(10)6-4-8/h4-8H,1-3H3;3-7H,1-2H3. The van der Waals surface area contributed by atoms with Crippen LogP contribution in [0.3, 0.4) is 0 Å². The highest BCUT2D eigenvalue weighted by Gasteiger charge is 2.04. The molecule has 2 rings (SSSR count). The van der Waals surface area contributed by atoms with Crippen molar-refractivity contribution in [2.45, 2.75) is 39.5 Å². The van der Waals surface area contributed by atoms with E-state index >= 15 is 0 Å². The Balaban J connectivity index is 0.000000211. The van der Waals surface area contributed by atoms with Gasteiger partial charge in [-0.1, -0.05) is 58.0 Å². The van der Waals surface area contributed by atoms with Crippen molar-refractivity contribution in [1.82, 2.24) is 0 Å². The molecular formula is C19H25FO. The van der Waals surface area contributed by atoms with Gasteiger partial charge in [-0.25, -0.2) is 4.39 Å². The Bertz CT molecular complexity index is 530. The van der Waals surface area contributed by atoms with E-state index in [1.807, 2.05) is 30.3 Å². The van der Waals surface area contributed by atoms with E-state index in [0.717, 1.165) is 5.75 Å². The summed E-state index contributed by atoms with van der Waals surface area (Å²) < 4.78 is 17.6. The number of halogens is 1. The van der Waals surface area contributed by atoms with Crippen LogP contribution in [0.2, 0.25) is 0 Å². The lowest BCUT2D eigenvalue weighted by atomic mass is 10.0. The summed E-state index contributed by atoms with van der Waals surface area (Å²) in [6.07, 6.45) is 0. The van der Waals surface area contributed by atoms with Gasteiger partial charge in [-0.15, -0.1) is 0 Å². The number of hydrogen-bond acceptors (Lipinski definition) is 1. The van der Waals surface area contributed by atoms with E-state index in [2.05, 4.69) is 33.8 Å². The fourth-order valence-electron chi connectivity index (χ4n) is 1.99. The normalized spacial score (nSPS) is 10.3. The molecule has 0 unspecified atom stereocenters. The Hall–Kier alpha value is -1.83. The smallest absolute Gasteiger partial charge is 0.123 e. The molecule has 2 heteroatoms. The molecule has 0 aliphatic heterocycles. The van der Waals surface area contributed by atoms with Crippen molar-refractivity contribution in [3.63, 3.8) is 0 Å². The molecule has 2 aromatic rings. The minimum absolute atomic E-state index is 0.163. The van der Waals surface area contributed by atoms with Crippen molar-refractivity contribution in [2.24, 2.45) is 0 Å². The minimum Gasteiger partial charge on any atom is -0.496 e. The maximum Gasteiger partial charge on any atom is 0.123 e. The van der Waals surface area contributed by atoms with E-state index in [9.17, 15) is 4.39 Å². The highest BCUT2D eigenvalue weighted by molar-refractivity contribution is 5.35. The van der Waals surface area contributed by atoms with Crippen LogP contribution in [0.1, 0.15) is 50.7 Å². The zero-order valence-electron chi connectivity index (χ0n) is 13.6. The van der Waals surface area contributed by atoms with E-state index in [1.54, 1.807) is 7.11 Å². The molecule has 0 bridgehead atoms. The van der Waals surface area contributed by atoms with Crippen molar-refractivity contribution in [2.75, 3.05) is 7.11 Å². The van der Waals surface area contributed by atoms with Crippen LogP contribution in [0.5, 0.6) is 5.75 Å². The van der Waals surface area contributed by atoms with Crippen LogP contribution in [-0.4, -0.2) is 7.11 Å². The molecular weight excluding hydrogens is 263 g/mol. The highest BCUT2D eigenvalue weighted by atomic mass is 19.1. The van der Waals surface area contributed by atoms with Gasteiger partial charge in [-0.3, -0.25) is 0 Å². The van der Waals surface area contributed by atoms with Crippen LogP contribution in [-0.2, 0) is 0 Å². The predicted octanol–water partition coefficient (Wildman–Crippen LogP) is 5.77. The number of para-hydroxylation sites is 1. The van der Waals surface area contributed by atoms with E-state index in [-0.39, 0.29) is 5.82 Å². The minimum atomic E-state index is -0.163. The van der Waals surface area contributed by atoms with Gasteiger partial charge in [0.15, 0.2) is 0 Å². The summed E-state index contributed by atoms with van der Waals surface area (Å²) in [5.74, 6) is 1.85. The largest absolute Gasteiger partial charge is 0.496 e. The topological polar surface area (TPSA) is 9.23 Å². The Kier molecular flexibility index (Phi) is 6.93. The van der Waals surface area contributed by atoms with E-state index < -0.39 is 0 Å². The van der Waals surface area contributed by atoms with Gasteiger partial charge in [0.25, 0.3) is 0 Å². The lowest BCUT2D eigenvalue weighted by Crippen LogP contribution is -1.92. The molecule has 2 aromatic carbocycles. The molecule has 1 nitrogen and oxygen atoms in total. The molecule has 0 atom stereocenters. The molecule has 114 valence electrons. The molecule has 0 radical (unpaired) electrons. The van der Waals surface area contributed by atoms with Gasteiger partial charge in [0.1, 0.15) is 11.6 Å². The van der Waals surface area contributed by atoms with E-state index in [1.165, 1.54) is 23.3 Å². The lowest BCUT2D eigenvalue weighted by molar-refractivity contribution is 0.407. The zero-order chi connectivity index (χ0) is 15.8. The molecule has 0 amide bonds. The first-order valence-electron chi connectivity index (χ1n) is 7.34. The molecule has 0 saturated heterocycles. The van der Waals surface area contributed by atoms with Crippen molar-refractivity contribution < 1.29 is 9.13 Å². The zero-order valence-corrected chi connectivity index (χ0v) is 13.6. The fourth-order valence-corrected chi connectivity index (χ4v) is 1.99. The van der Waals surface area contributed by atoms with Gasteiger partial charge in [0.2, 0.25) is 0 Å². The lowest BCUT2D eigenvalue weighted by Gasteiger charge is -2.10. The molecule has 0 spiro atoms. The van der Waals surface area contributed by atoms with Crippen LogP contribution in [0.25, 0.3) is 0 Å². The van der Waals surface area contributed by atoms with Crippen LogP contribution >= 0.6 is 0 Å². The molecule has 0 fully saturated rings. The van der Waals surface area contributed by atoms with Gasteiger partial charge in [0, 0.05) is 0 Å². The monoisotopic (exact) mass is 288 g/mol. The Morgan fingerprint density at radius 2 is 1.38 bits per heavy atom. The average molecular weight is 288 g/mol. The quantitative estimate of drug-likeness (QED) is 0.697. The second kappa shape index (κ2) is 8.46. The second-order valence-corrected chi connectivity index (χ2v) is 5.60. The first-order valence-corrected chi connectivity index (χ1v) is 7.34. The average Bonchev–Trinajstić information content (AvgIpc) is 2.48. The first-order chi connectivity index (χ1) is 9.95. The van der Waals surface area contributed by atoms with Crippen molar-refractivity contribution >= 4 is 0 Å². The summed E-state index contributed by atoms with van der Waals surface area (Å²) in [7, 11) is 1.71. The van der Waals surface area contributed by atoms with Gasteiger partial charge < -0.3 is 4.74 Å². The predicted molar refractivity (Wildman–Crippen MR) is 87.6 cm³/mol. The number of hydrogen-bond donors (Lipinski definition) is 0. The molecule has 0 saturated carbocycles. The summed E-state index contributed by atoms with van der Waals surface area (Å²) in [5, 5.41) is 0. The number of rotatable bonds is 3. The Labute approximate surface area is 127 Å². The highest BCUT2D eigenvalue weighted by Crippen LogP contribution is 2.24. The maximum atomic E-state index is 12.4. The Morgan fingerprint density at radius 1 is 0.810 bits per heavy atom. The molecule has 0 N–H and O–H groups in total. The molecule has 0 aliphatic carbocycles. The van der Waals surface area contributed by atoms with Crippen molar-refractivity contribution in [3.8, 4) is 5.75 Å². The maximum absolute atomic E-state index is 12.4. The van der Waals surface area contributed by atoms with Gasteiger partial charge in [-0.2, -0.15) is 0 Å². The third kappa shape index (κ3) is 5.58. The molecule has 0 heterocycles. The number of ether oxygens (including phenoxy) is 1. The summed E-state index contributed by atoms with van der Waals surface area (Å²) in [6, 6.07) is 14.8. The summed E-state index contributed by atoms with van der Waals surface area (Å²) in [5.41, 5.74) is 2.46. The van der Waals surface area contributed by atoms with Crippen molar-refractivity contribution in [3.05, 3.63) is 65.5 Å². The summed E-state index contributed by atoms with van der Waals surface area (Å²) >= 11 is 0. The molecule has 0 aliphatic rings. The van der Waals surface area contributed by atoms with Crippen LogP contribution in [0.4, 0.5) is 4.39 Å². The number of methoxy groups -OCH3 is 1. The van der Waals surface area contributed by atoms with Gasteiger partial charge in [0.05, 0.1) is 7.11 Å². The van der Waals surface area contributed by atoms with E-state index in [4.69, 9.17) is 4.74 Å². The van der Waals surface area contributed by atoms with Crippen LogP contribution in [0.15, 0.2) is 48.5 Å². The van der Waals surface area contributed by atoms with Crippen LogP contribution < -0.4 is 4.74 Å².